The summed E-state index contributed by atoms with van der Waals surface area (Å²) in [6.45, 7) is 1.81. The van der Waals surface area contributed by atoms with Crippen molar-refractivity contribution >= 4 is 40.4 Å². The van der Waals surface area contributed by atoms with Gasteiger partial charge in [0, 0.05) is 9.90 Å². The summed E-state index contributed by atoms with van der Waals surface area (Å²) in [4.78, 5) is 12.9. The van der Waals surface area contributed by atoms with Gasteiger partial charge in [-0.25, -0.2) is 4.39 Å². The predicted octanol–water partition coefficient (Wildman–Crippen LogP) is 4.69. The van der Waals surface area contributed by atoms with Crippen LogP contribution in [0.2, 0.25) is 9.36 Å². The fraction of sp³-hybridized carbons (Fsp3) is 0.154. The first-order valence-corrected chi connectivity index (χ1v) is 7.06. The van der Waals surface area contributed by atoms with E-state index in [1.54, 1.807) is 6.07 Å². The van der Waals surface area contributed by atoms with E-state index in [1.165, 1.54) is 29.5 Å². The molecular formula is C13H10Cl2FNOS. The van der Waals surface area contributed by atoms with E-state index in [0.717, 1.165) is 4.88 Å². The number of benzene rings is 1. The van der Waals surface area contributed by atoms with E-state index in [0.29, 0.717) is 9.36 Å². The second-order valence-corrected chi connectivity index (χ2v) is 6.14. The van der Waals surface area contributed by atoms with Gasteiger partial charge in [-0.05, 0) is 37.3 Å². The minimum Gasteiger partial charge on any atom is -0.345 e. The van der Waals surface area contributed by atoms with Crippen molar-refractivity contribution in [3.05, 3.63) is 55.9 Å². The van der Waals surface area contributed by atoms with E-state index in [9.17, 15) is 9.18 Å². The van der Waals surface area contributed by atoms with Gasteiger partial charge in [-0.1, -0.05) is 23.2 Å². The fourth-order valence-corrected chi connectivity index (χ4v) is 2.81. The third kappa shape index (κ3) is 3.47. The Balaban J connectivity index is 2.15. The molecule has 1 aromatic heterocycles. The maximum Gasteiger partial charge on any atom is 0.254 e. The van der Waals surface area contributed by atoms with Gasteiger partial charge in [0.2, 0.25) is 0 Å². The maximum atomic E-state index is 13.5. The van der Waals surface area contributed by atoms with Crippen LogP contribution >= 0.6 is 34.5 Å². The molecule has 0 bridgehead atoms. The van der Waals surface area contributed by atoms with Crippen LogP contribution in [-0.4, -0.2) is 5.91 Å². The second-order valence-electron chi connectivity index (χ2n) is 3.96. The van der Waals surface area contributed by atoms with E-state index >= 15 is 0 Å². The Bertz CT molecular complexity index is 614. The summed E-state index contributed by atoms with van der Waals surface area (Å²) >= 11 is 13.0. The Morgan fingerprint density at radius 2 is 2.05 bits per heavy atom. The number of carbonyl (C=O) groups excluding carboxylic acids is 1. The highest BCUT2D eigenvalue weighted by Gasteiger charge is 2.16. The standard InChI is InChI=1S/C13H10Cl2FNOS/c1-7(11-4-5-12(15)19-11)17-13(18)9-6-8(14)2-3-10(9)16/h2-7H,1H3,(H,17,18). The highest BCUT2D eigenvalue weighted by molar-refractivity contribution is 7.16. The summed E-state index contributed by atoms with van der Waals surface area (Å²) < 4.78 is 14.2. The molecule has 1 unspecified atom stereocenters. The summed E-state index contributed by atoms with van der Waals surface area (Å²) in [5.74, 6) is -1.10. The molecular weight excluding hydrogens is 308 g/mol. The molecule has 2 rings (SSSR count). The predicted molar refractivity (Wildman–Crippen MR) is 76.6 cm³/mol. The molecule has 0 spiro atoms. The van der Waals surface area contributed by atoms with Gasteiger partial charge < -0.3 is 5.32 Å². The van der Waals surface area contributed by atoms with E-state index in [-0.39, 0.29) is 11.6 Å². The molecule has 6 heteroatoms. The van der Waals surface area contributed by atoms with Gasteiger partial charge in [0.05, 0.1) is 15.9 Å². The first-order valence-electron chi connectivity index (χ1n) is 5.48. The monoisotopic (exact) mass is 317 g/mol. The van der Waals surface area contributed by atoms with Gasteiger partial charge >= 0.3 is 0 Å². The lowest BCUT2D eigenvalue weighted by Gasteiger charge is -2.12. The van der Waals surface area contributed by atoms with E-state index in [2.05, 4.69) is 5.32 Å². The molecule has 0 aliphatic carbocycles. The summed E-state index contributed by atoms with van der Waals surface area (Å²) in [5, 5.41) is 3.03. The Morgan fingerprint density at radius 3 is 2.68 bits per heavy atom. The minimum atomic E-state index is -0.599. The smallest absolute Gasteiger partial charge is 0.254 e. The Labute approximate surface area is 124 Å². The number of carbonyl (C=O) groups is 1. The quantitative estimate of drug-likeness (QED) is 0.874. The molecule has 2 aromatic rings. The molecule has 1 amide bonds. The van der Waals surface area contributed by atoms with Crippen molar-refractivity contribution in [1.29, 1.82) is 0 Å². The van der Waals surface area contributed by atoms with Crippen molar-refractivity contribution in [2.75, 3.05) is 0 Å². The largest absolute Gasteiger partial charge is 0.345 e. The summed E-state index contributed by atoms with van der Waals surface area (Å²) in [5.41, 5.74) is -0.0676. The van der Waals surface area contributed by atoms with E-state index in [1.807, 2.05) is 13.0 Å². The maximum absolute atomic E-state index is 13.5. The highest BCUT2D eigenvalue weighted by atomic mass is 35.5. The molecule has 0 fully saturated rings. The van der Waals surface area contributed by atoms with Crippen molar-refractivity contribution in [1.82, 2.24) is 5.32 Å². The number of amides is 1. The molecule has 0 saturated heterocycles. The van der Waals surface area contributed by atoms with Crippen LogP contribution in [0, 0.1) is 5.82 Å². The van der Waals surface area contributed by atoms with Crippen molar-refractivity contribution in [2.24, 2.45) is 0 Å². The van der Waals surface area contributed by atoms with Crippen molar-refractivity contribution < 1.29 is 9.18 Å². The molecule has 0 saturated carbocycles. The molecule has 0 aliphatic heterocycles. The SMILES string of the molecule is CC(NC(=O)c1cc(Cl)ccc1F)c1ccc(Cl)s1. The number of rotatable bonds is 3. The number of halogens is 3. The lowest BCUT2D eigenvalue weighted by atomic mass is 10.2. The molecule has 2 nitrogen and oxygen atoms in total. The Hall–Kier alpha value is -1.10. The van der Waals surface area contributed by atoms with Crippen LogP contribution < -0.4 is 5.32 Å². The normalized spacial score (nSPS) is 12.2. The van der Waals surface area contributed by atoms with Crippen LogP contribution in [0.3, 0.4) is 0 Å². The molecule has 1 heterocycles. The number of nitrogens with one attached hydrogen (secondary N) is 1. The first-order chi connectivity index (χ1) is 8.97. The van der Waals surface area contributed by atoms with Crippen molar-refractivity contribution in [3.63, 3.8) is 0 Å². The third-order valence-electron chi connectivity index (χ3n) is 2.54. The summed E-state index contributed by atoms with van der Waals surface area (Å²) in [6, 6.07) is 7.21. The van der Waals surface area contributed by atoms with Crippen LogP contribution in [0.25, 0.3) is 0 Å². The Kier molecular flexibility index (Phi) is 4.45. The zero-order chi connectivity index (χ0) is 14.0. The highest BCUT2D eigenvalue weighted by Crippen LogP contribution is 2.27. The van der Waals surface area contributed by atoms with Crippen LogP contribution in [0.4, 0.5) is 4.39 Å². The van der Waals surface area contributed by atoms with Gasteiger partial charge in [-0.3, -0.25) is 4.79 Å². The van der Waals surface area contributed by atoms with E-state index < -0.39 is 11.7 Å². The molecule has 1 aromatic carbocycles. The van der Waals surface area contributed by atoms with Gasteiger partial charge in [0.1, 0.15) is 5.82 Å². The number of hydrogen-bond acceptors (Lipinski definition) is 2. The van der Waals surface area contributed by atoms with Gasteiger partial charge in [0.15, 0.2) is 0 Å². The van der Waals surface area contributed by atoms with Crippen LogP contribution in [0.15, 0.2) is 30.3 Å². The summed E-state index contributed by atoms with van der Waals surface area (Å²) in [7, 11) is 0. The molecule has 0 aliphatic rings. The molecule has 1 N–H and O–H groups in total. The van der Waals surface area contributed by atoms with Gasteiger partial charge in [-0.2, -0.15) is 0 Å². The lowest BCUT2D eigenvalue weighted by molar-refractivity contribution is 0.0936. The first kappa shape index (κ1) is 14.3. The lowest BCUT2D eigenvalue weighted by Crippen LogP contribution is -2.26. The molecule has 0 radical (unpaired) electrons. The van der Waals surface area contributed by atoms with Crippen LogP contribution in [0.5, 0.6) is 0 Å². The number of thiophene rings is 1. The topological polar surface area (TPSA) is 29.1 Å². The average Bonchev–Trinajstić information content (AvgIpc) is 2.79. The zero-order valence-corrected chi connectivity index (χ0v) is 12.2. The molecule has 100 valence electrons. The second kappa shape index (κ2) is 5.90. The van der Waals surface area contributed by atoms with Crippen molar-refractivity contribution in [2.45, 2.75) is 13.0 Å². The van der Waals surface area contributed by atoms with E-state index in [4.69, 9.17) is 23.2 Å². The van der Waals surface area contributed by atoms with Crippen LogP contribution in [-0.2, 0) is 0 Å². The average molecular weight is 318 g/mol. The number of hydrogen-bond donors (Lipinski definition) is 1. The third-order valence-corrected chi connectivity index (χ3v) is 4.19. The minimum absolute atomic E-state index is 0.0676. The fourth-order valence-electron chi connectivity index (χ4n) is 1.58. The van der Waals surface area contributed by atoms with Gasteiger partial charge in [0.25, 0.3) is 5.91 Å². The molecule has 1 atom stereocenters. The Morgan fingerprint density at radius 1 is 1.32 bits per heavy atom. The van der Waals surface area contributed by atoms with Gasteiger partial charge in [-0.15, -0.1) is 11.3 Å². The zero-order valence-electron chi connectivity index (χ0n) is 9.91. The van der Waals surface area contributed by atoms with Crippen molar-refractivity contribution in [3.8, 4) is 0 Å². The summed E-state index contributed by atoms with van der Waals surface area (Å²) in [6.07, 6.45) is 0. The molecule has 19 heavy (non-hydrogen) atoms. The van der Waals surface area contributed by atoms with Crippen LogP contribution in [0.1, 0.15) is 28.2 Å².